The van der Waals surface area contributed by atoms with Crippen molar-refractivity contribution in [3.8, 4) is 11.5 Å². The quantitative estimate of drug-likeness (QED) is 0.698. The number of aryl methyl sites for hydroxylation is 1. The highest BCUT2D eigenvalue weighted by Gasteiger charge is 2.25. The minimum atomic E-state index is 0.791. The Kier molecular flexibility index (Phi) is 1.97. The Morgan fingerprint density at radius 1 is 1.33 bits per heavy atom. The molecule has 0 unspecified atom stereocenters. The van der Waals surface area contributed by atoms with Crippen molar-refractivity contribution in [2.24, 2.45) is 0 Å². The van der Waals surface area contributed by atoms with Gasteiger partial charge in [-0.25, -0.2) is 0 Å². The normalized spacial score (nSPS) is 18.1. The average Bonchev–Trinajstić information content (AvgIpc) is 2.29. The minimum Gasteiger partial charge on any atom is -0.497 e. The van der Waals surface area contributed by atoms with Crippen molar-refractivity contribution in [3.05, 3.63) is 17.7 Å². The molecule has 0 N–H and O–H groups in total. The van der Waals surface area contributed by atoms with Crippen molar-refractivity contribution < 1.29 is 9.47 Å². The number of hydrogen-bond acceptors (Lipinski definition) is 3. The van der Waals surface area contributed by atoms with Gasteiger partial charge >= 0.3 is 0 Å². The van der Waals surface area contributed by atoms with Crippen LogP contribution in [0.2, 0.25) is 0 Å². The van der Waals surface area contributed by atoms with Gasteiger partial charge in [0, 0.05) is 12.6 Å². The molecule has 0 saturated carbocycles. The van der Waals surface area contributed by atoms with E-state index in [4.69, 9.17) is 9.47 Å². The molecule has 0 spiro atoms. The predicted octanol–water partition coefficient (Wildman–Crippen LogP) is 1.84. The second-order valence-electron chi connectivity index (χ2n) is 4.07. The summed E-state index contributed by atoms with van der Waals surface area (Å²) in [6.45, 7) is 2.97. The van der Waals surface area contributed by atoms with E-state index in [1.807, 2.05) is 6.07 Å². The molecule has 1 aromatic rings. The summed E-state index contributed by atoms with van der Waals surface area (Å²) in [6, 6.07) is 4.13. The molecule has 0 fully saturated rings. The summed E-state index contributed by atoms with van der Waals surface area (Å²) in [5, 5.41) is 0. The summed E-state index contributed by atoms with van der Waals surface area (Å²) < 4.78 is 11.0. The van der Waals surface area contributed by atoms with E-state index in [-0.39, 0.29) is 0 Å². The van der Waals surface area contributed by atoms with Crippen LogP contribution >= 0.6 is 0 Å². The van der Waals surface area contributed by atoms with E-state index in [0.29, 0.717) is 0 Å². The molecule has 3 rings (SSSR count). The van der Waals surface area contributed by atoms with E-state index in [1.165, 1.54) is 17.7 Å². The fourth-order valence-electron chi connectivity index (χ4n) is 2.48. The van der Waals surface area contributed by atoms with Gasteiger partial charge in [0.1, 0.15) is 18.1 Å². The van der Waals surface area contributed by atoms with Gasteiger partial charge in [-0.1, -0.05) is 0 Å². The van der Waals surface area contributed by atoms with E-state index in [1.54, 1.807) is 7.11 Å². The third-order valence-electron chi connectivity index (χ3n) is 3.17. The van der Waals surface area contributed by atoms with Gasteiger partial charge < -0.3 is 14.4 Å². The molecular formula is C12H15NO2. The first-order valence-electron chi connectivity index (χ1n) is 5.47. The summed E-state index contributed by atoms with van der Waals surface area (Å²) in [5.41, 5.74) is 2.67. The molecule has 3 nitrogen and oxygen atoms in total. The van der Waals surface area contributed by atoms with Crippen molar-refractivity contribution in [2.75, 3.05) is 31.7 Å². The summed E-state index contributed by atoms with van der Waals surface area (Å²) in [4.78, 5) is 2.43. The van der Waals surface area contributed by atoms with Gasteiger partial charge in [0.05, 0.1) is 19.3 Å². The number of benzene rings is 1. The van der Waals surface area contributed by atoms with Gasteiger partial charge in [-0.05, 0) is 24.5 Å². The lowest BCUT2D eigenvalue weighted by molar-refractivity contribution is 0.301. The van der Waals surface area contributed by atoms with Gasteiger partial charge in [-0.15, -0.1) is 0 Å². The Morgan fingerprint density at radius 3 is 3.13 bits per heavy atom. The van der Waals surface area contributed by atoms with E-state index < -0.39 is 0 Å². The van der Waals surface area contributed by atoms with Gasteiger partial charge in [0.15, 0.2) is 0 Å². The molecule has 2 aliphatic rings. The lowest BCUT2D eigenvalue weighted by Gasteiger charge is -2.36. The molecule has 0 bridgehead atoms. The zero-order valence-corrected chi connectivity index (χ0v) is 8.95. The topological polar surface area (TPSA) is 21.7 Å². The Hall–Kier alpha value is -1.38. The minimum absolute atomic E-state index is 0.791. The molecule has 2 heterocycles. The van der Waals surface area contributed by atoms with Crippen molar-refractivity contribution in [3.63, 3.8) is 0 Å². The molecule has 3 heteroatoms. The Bertz CT molecular complexity index is 358. The molecule has 0 saturated heterocycles. The van der Waals surface area contributed by atoms with Crippen LogP contribution in [0.3, 0.4) is 0 Å². The molecule has 15 heavy (non-hydrogen) atoms. The Balaban J connectivity index is 2.15. The maximum absolute atomic E-state index is 5.69. The summed E-state index contributed by atoms with van der Waals surface area (Å²) in [6.07, 6.45) is 2.37. The maximum Gasteiger partial charge on any atom is 0.146 e. The van der Waals surface area contributed by atoms with Crippen molar-refractivity contribution in [1.29, 1.82) is 0 Å². The van der Waals surface area contributed by atoms with Gasteiger partial charge in [-0.3, -0.25) is 0 Å². The molecule has 0 aliphatic carbocycles. The molecule has 1 aromatic carbocycles. The van der Waals surface area contributed by atoms with Crippen molar-refractivity contribution >= 4 is 5.69 Å². The SMILES string of the molecule is COc1cc2c3c(c1)OCCN3CCC2. The average molecular weight is 205 g/mol. The third-order valence-corrected chi connectivity index (χ3v) is 3.17. The summed E-state index contributed by atoms with van der Waals surface area (Å²) in [7, 11) is 1.71. The molecule has 0 atom stereocenters. The zero-order chi connectivity index (χ0) is 10.3. The van der Waals surface area contributed by atoms with Crippen LogP contribution in [0.4, 0.5) is 5.69 Å². The molecule has 0 radical (unpaired) electrons. The van der Waals surface area contributed by atoms with Crippen LogP contribution < -0.4 is 14.4 Å². The van der Waals surface area contributed by atoms with Crippen LogP contribution in [0.25, 0.3) is 0 Å². The van der Waals surface area contributed by atoms with Crippen LogP contribution in [0.1, 0.15) is 12.0 Å². The van der Waals surface area contributed by atoms with Crippen LogP contribution in [0.5, 0.6) is 11.5 Å². The molecular weight excluding hydrogens is 190 g/mol. The van der Waals surface area contributed by atoms with Crippen LogP contribution in [0.15, 0.2) is 12.1 Å². The highest BCUT2D eigenvalue weighted by atomic mass is 16.5. The highest BCUT2D eigenvalue weighted by Crippen LogP contribution is 2.41. The van der Waals surface area contributed by atoms with Crippen LogP contribution in [-0.4, -0.2) is 26.8 Å². The van der Waals surface area contributed by atoms with E-state index in [0.717, 1.165) is 37.6 Å². The summed E-state index contributed by atoms with van der Waals surface area (Å²) in [5.74, 6) is 1.91. The Morgan fingerprint density at radius 2 is 2.27 bits per heavy atom. The standard InChI is InChI=1S/C12H15NO2/c1-14-10-7-9-3-2-4-13-5-6-15-11(8-10)12(9)13/h7-8H,2-6H2,1H3. The first-order valence-corrected chi connectivity index (χ1v) is 5.47. The predicted molar refractivity (Wildman–Crippen MR) is 59.0 cm³/mol. The number of rotatable bonds is 1. The number of anilines is 1. The van der Waals surface area contributed by atoms with E-state index >= 15 is 0 Å². The fourth-order valence-corrected chi connectivity index (χ4v) is 2.48. The van der Waals surface area contributed by atoms with Gasteiger partial charge in [0.2, 0.25) is 0 Å². The smallest absolute Gasteiger partial charge is 0.146 e. The lowest BCUT2D eigenvalue weighted by Crippen LogP contribution is -2.36. The van der Waals surface area contributed by atoms with E-state index in [9.17, 15) is 0 Å². The first kappa shape index (κ1) is 8.89. The molecule has 80 valence electrons. The third kappa shape index (κ3) is 1.34. The molecule has 0 amide bonds. The van der Waals surface area contributed by atoms with Crippen LogP contribution in [-0.2, 0) is 6.42 Å². The highest BCUT2D eigenvalue weighted by molar-refractivity contribution is 5.68. The number of nitrogens with zero attached hydrogens (tertiary/aromatic N) is 1. The monoisotopic (exact) mass is 205 g/mol. The first-order chi connectivity index (χ1) is 7.38. The molecule has 2 aliphatic heterocycles. The van der Waals surface area contributed by atoms with Gasteiger partial charge in [-0.2, -0.15) is 0 Å². The van der Waals surface area contributed by atoms with Crippen molar-refractivity contribution in [1.82, 2.24) is 0 Å². The van der Waals surface area contributed by atoms with E-state index in [2.05, 4.69) is 11.0 Å². The number of ether oxygens (including phenoxy) is 2. The number of hydrogen-bond donors (Lipinski definition) is 0. The van der Waals surface area contributed by atoms with Crippen LogP contribution in [0, 0.1) is 0 Å². The fraction of sp³-hybridized carbons (Fsp3) is 0.500. The Labute approximate surface area is 89.6 Å². The van der Waals surface area contributed by atoms with Gasteiger partial charge in [0.25, 0.3) is 0 Å². The number of methoxy groups -OCH3 is 1. The maximum atomic E-state index is 5.69. The second-order valence-corrected chi connectivity index (χ2v) is 4.07. The lowest BCUT2D eigenvalue weighted by atomic mass is 10.00. The largest absolute Gasteiger partial charge is 0.497 e. The second kappa shape index (κ2) is 3.33. The summed E-state index contributed by atoms with van der Waals surface area (Å²) >= 11 is 0. The zero-order valence-electron chi connectivity index (χ0n) is 8.95. The van der Waals surface area contributed by atoms with Crippen molar-refractivity contribution in [2.45, 2.75) is 12.8 Å². The molecule has 0 aromatic heterocycles.